The summed E-state index contributed by atoms with van der Waals surface area (Å²) in [5.74, 6) is -0.883. The first-order valence-electron chi connectivity index (χ1n) is 7.20. The molecule has 1 saturated heterocycles. The first-order chi connectivity index (χ1) is 11.3. The summed E-state index contributed by atoms with van der Waals surface area (Å²) in [5.41, 5.74) is 5.52. The summed E-state index contributed by atoms with van der Waals surface area (Å²) in [5, 5.41) is 0.308. The van der Waals surface area contributed by atoms with Crippen molar-refractivity contribution < 1.29 is 22.5 Å². The summed E-state index contributed by atoms with van der Waals surface area (Å²) < 4.78 is 44.4. The normalized spacial score (nSPS) is 17.9. The Hall–Kier alpha value is -1.59. The molecule has 2 heterocycles. The molecule has 24 heavy (non-hydrogen) atoms. The fourth-order valence-corrected chi connectivity index (χ4v) is 5.23. The molecule has 0 aliphatic carbocycles. The maximum absolute atomic E-state index is 13.0. The zero-order valence-electron chi connectivity index (χ0n) is 12.9. The molecule has 3 rings (SSSR count). The molecule has 1 aromatic heterocycles. The number of nitrogens with zero attached hydrogens (tertiary/aromatic N) is 1. The molecule has 1 aromatic carbocycles. The first-order valence-corrected chi connectivity index (χ1v) is 10.2. The average molecular weight is 371 g/mol. The third kappa shape index (κ3) is 2.80. The van der Waals surface area contributed by atoms with Crippen LogP contribution in [0.5, 0.6) is 0 Å². The average Bonchev–Trinajstić information content (AvgIpc) is 2.96. The minimum atomic E-state index is -3.94. The third-order valence-corrected chi connectivity index (χ3v) is 6.82. The molecule has 0 spiro atoms. The first kappa shape index (κ1) is 17.2. The van der Waals surface area contributed by atoms with Gasteiger partial charge in [0.1, 0.15) is 22.4 Å². The Morgan fingerprint density at radius 2 is 2.04 bits per heavy atom. The molecule has 10 heteroatoms. The second-order valence-electron chi connectivity index (χ2n) is 5.34. The van der Waals surface area contributed by atoms with E-state index in [-0.39, 0.29) is 36.9 Å². The van der Waals surface area contributed by atoms with Crippen LogP contribution >= 0.6 is 0 Å². The van der Waals surface area contributed by atoms with Crippen LogP contribution in [-0.2, 0) is 25.9 Å². The van der Waals surface area contributed by atoms with E-state index in [1.807, 2.05) is 0 Å². The number of aromatic amines is 1. The van der Waals surface area contributed by atoms with E-state index < -0.39 is 27.1 Å². The standard InChI is InChI=1S/C14H17N3O5S2/c1-23(19)10-4-2-3-9-11(10)16-12(14(15)18)13(9)24(20,21)17-5-7-22-8-6-17/h2-4,16H,5-8H2,1H3,(H2,15,18). The number of hydrogen-bond acceptors (Lipinski definition) is 5. The second kappa shape index (κ2) is 6.37. The molecule has 130 valence electrons. The van der Waals surface area contributed by atoms with Gasteiger partial charge in [-0.05, 0) is 17.2 Å². The summed E-state index contributed by atoms with van der Waals surface area (Å²) in [6.07, 6.45) is 1.48. The number of para-hydroxylation sites is 1. The van der Waals surface area contributed by atoms with Crippen LogP contribution in [0.4, 0.5) is 0 Å². The highest BCUT2D eigenvalue weighted by Crippen LogP contribution is 2.33. The third-order valence-electron chi connectivity index (χ3n) is 3.87. The minimum absolute atomic E-state index is 0.167. The highest BCUT2D eigenvalue weighted by atomic mass is 32.2. The number of ether oxygens (including phenoxy) is 1. The van der Waals surface area contributed by atoms with Crippen LogP contribution in [0.1, 0.15) is 10.5 Å². The smallest absolute Gasteiger partial charge is 0.266 e. The Kier molecular flexibility index (Phi) is 4.58. The van der Waals surface area contributed by atoms with Crippen LogP contribution in [-0.4, -0.2) is 60.7 Å². The Balaban J connectivity index is 2.28. The number of aromatic nitrogens is 1. The van der Waals surface area contributed by atoms with Crippen LogP contribution in [0.2, 0.25) is 0 Å². The van der Waals surface area contributed by atoms with Gasteiger partial charge in [-0.3, -0.25) is 4.79 Å². The SMILES string of the molecule is C[S+]([O-])c1cccc2c(S(=O)(=O)N3CCOCC3)c(C(N)=O)[nH]c12. The number of morpholine rings is 1. The highest BCUT2D eigenvalue weighted by Gasteiger charge is 2.34. The summed E-state index contributed by atoms with van der Waals surface area (Å²) in [6, 6.07) is 4.79. The molecule has 1 unspecified atom stereocenters. The van der Waals surface area contributed by atoms with Crippen LogP contribution in [0.15, 0.2) is 28.0 Å². The van der Waals surface area contributed by atoms with E-state index in [1.165, 1.54) is 10.6 Å². The molecular formula is C14H17N3O5S2. The molecule has 8 nitrogen and oxygen atoms in total. The van der Waals surface area contributed by atoms with Crippen molar-refractivity contribution in [1.82, 2.24) is 9.29 Å². The fraction of sp³-hybridized carbons (Fsp3) is 0.357. The van der Waals surface area contributed by atoms with Crippen LogP contribution in [0.3, 0.4) is 0 Å². The summed E-state index contributed by atoms with van der Waals surface area (Å²) in [6.45, 7) is 0.981. The van der Waals surface area contributed by atoms with Crippen molar-refractivity contribution >= 4 is 38.0 Å². The van der Waals surface area contributed by atoms with Crippen LogP contribution in [0, 0.1) is 0 Å². The van der Waals surface area contributed by atoms with Gasteiger partial charge in [-0.2, -0.15) is 4.31 Å². The van der Waals surface area contributed by atoms with Gasteiger partial charge in [-0.1, -0.05) is 12.1 Å². The zero-order valence-corrected chi connectivity index (χ0v) is 14.6. The topological polar surface area (TPSA) is 129 Å². The van der Waals surface area contributed by atoms with Gasteiger partial charge in [0.25, 0.3) is 5.91 Å². The lowest BCUT2D eigenvalue weighted by molar-refractivity contribution is 0.0730. The number of nitrogens with one attached hydrogen (secondary N) is 1. The van der Waals surface area contributed by atoms with E-state index in [0.29, 0.717) is 15.8 Å². The summed E-state index contributed by atoms with van der Waals surface area (Å²) in [4.78, 5) is 14.8. The maximum atomic E-state index is 13.0. The molecule has 0 saturated carbocycles. The van der Waals surface area contributed by atoms with E-state index in [4.69, 9.17) is 10.5 Å². The molecule has 1 amide bonds. The number of hydrogen-bond donors (Lipinski definition) is 2. The number of carbonyl (C=O) groups is 1. The van der Waals surface area contributed by atoms with E-state index in [2.05, 4.69) is 4.98 Å². The number of primary amides is 1. The van der Waals surface area contributed by atoms with Crippen molar-refractivity contribution in [2.24, 2.45) is 5.73 Å². The van der Waals surface area contributed by atoms with E-state index in [1.54, 1.807) is 18.2 Å². The Labute approximate surface area is 142 Å². The van der Waals surface area contributed by atoms with Gasteiger partial charge < -0.3 is 20.0 Å². The number of benzene rings is 1. The van der Waals surface area contributed by atoms with Gasteiger partial charge in [0.2, 0.25) is 10.0 Å². The Morgan fingerprint density at radius 3 is 2.62 bits per heavy atom. The number of amides is 1. The number of fused-ring (bicyclic) bond motifs is 1. The number of H-pyrrole nitrogens is 1. The molecule has 3 N–H and O–H groups in total. The Morgan fingerprint density at radius 1 is 1.38 bits per heavy atom. The second-order valence-corrected chi connectivity index (χ2v) is 8.57. The number of rotatable bonds is 4. The largest absolute Gasteiger partial charge is 0.612 e. The van der Waals surface area contributed by atoms with Crippen molar-refractivity contribution in [2.45, 2.75) is 9.79 Å². The molecular weight excluding hydrogens is 354 g/mol. The van der Waals surface area contributed by atoms with E-state index in [9.17, 15) is 17.8 Å². The molecule has 2 aromatic rings. The molecule has 1 fully saturated rings. The van der Waals surface area contributed by atoms with E-state index >= 15 is 0 Å². The zero-order chi connectivity index (χ0) is 17.5. The van der Waals surface area contributed by atoms with Crippen molar-refractivity contribution in [3.8, 4) is 0 Å². The number of nitrogens with two attached hydrogens (primary N) is 1. The molecule has 0 radical (unpaired) electrons. The predicted octanol–water partition coefficient (Wildman–Crippen LogP) is 0.0251. The molecule has 0 bridgehead atoms. The van der Waals surface area contributed by atoms with Crippen molar-refractivity contribution in [2.75, 3.05) is 32.6 Å². The van der Waals surface area contributed by atoms with Gasteiger partial charge >= 0.3 is 0 Å². The van der Waals surface area contributed by atoms with Crippen LogP contribution in [0.25, 0.3) is 10.9 Å². The predicted molar refractivity (Wildman–Crippen MR) is 88.7 cm³/mol. The lowest BCUT2D eigenvalue weighted by atomic mass is 10.2. The van der Waals surface area contributed by atoms with E-state index in [0.717, 1.165) is 0 Å². The lowest BCUT2D eigenvalue weighted by Crippen LogP contribution is -2.41. The van der Waals surface area contributed by atoms with Crippen LogP contribution < -0.4 is 5.73 Å². The summed E-state index contributed by atoms with van der Waals surface area (Å²) >= 11 is -1.35. The molecule has 1 aliphatic rings. The molecule has 1 aliphatic heterocycles. The lowest BCUT2D eigenvalue weighted by Gasteiger charge is -2.26. The van der Waals surface area contributed by atoms with Crippen molar-refractivity contribution in [1.29, 1.82) is 0 Å². The Bertz CT molecular complexity index is 885. The van der Waals surface area contributed by atoms with Crippen molar-refractivity contribution in [3.05, 3.63) is 23.9 Å². The maximum Gasteiger partial charge on any atom is 0.266 e. The van der Waals surface area contributed by atoms with Gasteiger partial charge in [0.15, 0.2) is 4.90 Å². The van der Waals surface area contributed by atoms with Gasteiger partial charge in [0.05, 0.1) is 13.2 Å². The van der Waals surface area contributed by atoms with Gasteiger partial charge in [-0.25, -0.2) is 8.42 Å². The highest BCUT2D eigenvalue weighted by molar-refractivity contribution is 7.91. The van der Waals surface area contributed by atoms with Crippen molar-refractivity contribution in [3.63, 3.8) is 0 Å². The van der Waals surface area contributed by atoms with Gasteiger partial charge in [-0.15, -0.1) is 0 Å². The molecule has 1 atom stereocenters. The van der Waals surface area contributed by atoms with Gasteiger partial charge in [0, 0.05) is 18.5 Å². The minimum Gasteiger partial charge on any atom is -0.612 e. The number of sulfonamides is 1. The fourth-order valence-electron chi connectivity index (χ4n) is 2.76. The number of carbonyl (C=O) groups excluding carboxylic acids is 1. The monoisotopic (exact) mass is 371 g/mol. The summed E-state index contributed by atoms with van der Waals surface area (Å²) in [7, 11) is -3.94. The quantitative estimate of drug-likeness (QED) is 0.733.